The molecule has 0 aromatic rings. The normalized spacial score (nSPS) is 12.9. The predicted molar refractivity (Wildman–Crippen MR) is 89.7 cm³/mol. The van der Waals surface area contributed by atoms with Crippen LogP contribution in [0.3, 0.4) is 0 Å². The summed E-state index contributed by atoms with van der Waals surface area (Å²) in [5.74, 6) is 0.820. The molecule has 0 aromatic heterocycles. The van der Waals surface area contributed by atoms with Crippen LogP contribution in [0.4, 0.5) is 4.39 Å². The summed E-state index contributed by atoms with van der Waals surface area (Å²) in [5, 5.41) is 0. The molecule has 21 heavy (non-hydrogen) atoms. The van der Waals surface area contributed by atoms with Gasteiger partial charge in [-0.25, -0.2) is 0 Å². The van der Waals surface area contributed by atoms with Gasteiger partial charge in [-0.1, -0.05) is 52.8 Å². The first-order valence-corrected chi connectivity index (χ1v) is 7.37. The van der Waals surface area contributed by atoms with Crippen molar-refractivity contribution in [3.05, 3.63) is 36.3 Å². The van der Waals surface area contributed by atoms with Crippen LogP contribution in [0.15, 0.2) is 36.3 Å². The summed E-state index contributed by atoms with van der Waals surface area (Å²) < 4.78 is 14.9. The first kappa shape index (κ1) is 24.4. The molecule has 0 aromatic carbocycles. The van der Waals surface area contributed by atoms with E-state index in [4.69, 9.17) is 4.74 Å². The van der Waals surface area contributed by atoms with Crippen LogP contribution in [0.25, 0.3) is 0 Å². The maximum atomic E-state index is 11.3. The molecule has 0 fully saturated rings. The summed E-state index contributed by atoms with van der Waals surface area (Å²) >= 11 is 0. The number of hydrogen-bond donors (Lipinski definition) is 0. The summed E-state index contributed by atoms with van der Waals surface area (Å²) in [6.07, 6.45) is 6.56. The second-order valence-corrected chi connectivity index (χ2v) is 3.76. The van der Waals surface area contributed by atoms with E-state index in [9.17, 15) is 9.18 Å². The van der Waals surface area contributed by atoms with Gasteiger partial charge in [0.2, 0.25) is 5.91 Å². The maximum Gasteiger partial charge on any atom is 0.224 e. The van der Waals surface area contributed by atoms with Crippen molar-refractivity contribution in [2.75, 3.05) is 20.3 Å². The number of amides is 1. The topological polar surface area (TPSA) is 29.5 Å². The molecule has 0 unspecified atom stereocenters. The number of alkyl halides is 1. The molecule has 0 saturated heterocycles. The fourth-order valence-electron chi connectivity index (χ4n) is 1.37. The van der Waals surface area contributed by atoms with Crippen LogP contribution >= 0.6 is 0 Å². The van der Waals surface area contributed by atoms with Gasteiger partial charge in [-0.3, -0.25) is 9.18 Å². The van der Waals surface area contributed by atoms with E-state index in [1.54, 1.807) is 24.0 Å². The Morgan fingerprint density at radius 1 is 1.38 bits per heavy atom. The zero-order valence-corrected chi connectivity index (χ0v) is 14.7. The molecule has 1 heterocycles. The average molecular weight is 301 g/mol. The van der Waals surface area contributed by atoms with Crippen molar-refractivity contribution in [1.82, 2.24) is 4.90 Å². The molecule has 0 aliphatic carbocycles. The summed E-state index contributed by atoms with van der Waals surface area (Å²) in [6, 6.07) is 0. The summed E-state index contributed by atoms with van der Waals surface area (Å²) in [4.78, 5) is 13.0. The van der Waals surface area contributed by atoms with Gasteiger partial charge in [-0.2, -0.15) is 0 Å². The van der Waals surface area contributed by atoms with Gasteiger partial charge in [0, 0.05) is 6.92 Å². The van der Waals surface area contributed by atoms with Gasteiger partial charge in [-0.05, 0) is 13.0 Å². The Morgan fingerprint density at radius 2 is 1.86 bits per heavy atom. The van der Waals surface area contributed by atoms with Gasteiger partial charge in [-0.15, -0.1) is 0 Å². The number of allylic oxidation sites excluding steroid dienone is 4. The first-order valence-electron chi connectivity index (χ1n) is 7.37. The van der Waals surface area contributed by atoms with Crippen molar-refractivity contribution in [3.8, 4) is 0 Å². The average Bonchev–Trinajstić information content (AvgIpc) is 2.50. The minimum atomic E-state index is 0.0383. The Balaban J connectivity index is -0.000000399. The number of rotatable bonds is 2. The lowest BCUT2D eigenvalue weighted by Gasteiger charge is -2.28. The number of hydrogen-bond acceptors (Lipinski definition) is 2. The minimum Gasteiger partial charge on any atom is -0.494 e. The van der Waals surface area contributed by atoms with Gasteiger partial charge in [0.15, 0.2) is 0 Å². The lowest BCUT2D eigenvalue weighted by atomic mass is 10.2. The SMILES string of the molecule is C=C/C=C\C1=C(C)OCCN1C(C)=O.CC.CCC.CF. The van der Waals surface area contributed by atoms with Crippen molar-refractivity contribution < 1.29 is 13.9 Å². The molecule has 3 nitrogen and oxygen atoms in total. The van der Waals surface area contributed by atoms with E-state index in [0.717, 1.165) is 11.5 Å². The lowest BCUT2D eigenvalue weighted by Crippen LogP contribution is -2.35. The molecule has 0 bridgehead atoms. The highest BCUT2D eigenvalue weighted by molar-refractivity contribution is 5.76. The van der Waals surface area contributed by atoms with Crippen molar-refractivity contribution >= 4 is 5.91 Å². The second kappa shape index (κ2) is 18.4. The third-order valence-corrected chi connectivity index (χ3v) is 2.06. The van der Waals surface area contributed by atoms with E-state index in [2.05, 4.69) is 20.4 Å². The number of ether oxygens (including phenoxy) is 1. The smallest absolute Gasteiger partial charge is 0.224 e. The molecule has 124 valence electrons. The van der Waals surface area contributed by atoms with E-state index in [0.29, 0.717) is 20.3 Å². The van der Waals surface area contributed by atoms with Crippen LogP contribution < -0.4 is 0 Å². The van der Waals surface area contributed by atoms with E-state index < -0.39 is 0 Å². The van der Waals surface area contributed by atoms with Crippen molar-refractivity contribution in [3.63, 3.8) is 0 Å². The van der Waals surface area contributed by atoms with E-state index in [1.165, 1.54) is 6.42 Å². The fraction of sp³-hybridized carbons (Fsp3) is 0.588. The molecule has 1 aliphatic rings. The Hall–Kier alpha value is -1.58. The van der Waals surface area contributed by atoms with E-state index >= 15 is 0 Å². The Bertz CT molecular complexity index is 323. The molecule has 0 N–H and O–H groups in total. The quantitative estimate of drug-likeness (QED) is 0.681. The summed E-state index contributed by atoms with van der Waals surface area (Å²) in [7, 11) is 0.500. The first-order chi connectivity index (χ1) is 10.1. The van der Waals surface area contributed by atoms with Gasteiger partial charge < -0.3 is 9.64 Å². The molecule has 1 rings (SSSR count). The van der Waals surface area contributed by atoms with E-state index in [-0.39, 0.29) is 5.91 Å². The molecule has 4 heteroatoms. The Kier molecular flexibility index (Phi) is 21.4. The molecule has 1 amide bonds. The standard InChI is InChI=1S/C11H15NO2.C3H8.C2H6.CH3F/c1-4-5-6-11-9(2)14-8-7-12(11)10(3)13;1-3-2;2*1-2/h4-6H,1,7-8H2,2-3H3;3H2,1-2H3;1-2H3;1H3/b6-5-;;;. The minimum absolute atomic E-state index is 0.0383. The highest BCUT2D eigenvalue weighted by atomic mass is 19.1. The maximum absolute atomic E-state index is 11.3. The van der Waals surface area contributed by atoms with Crippen molar-refractivity contribution in [1.29, 1.82) is 0 Å². The van der Waals surface area contributed by atoms with Crippen molar-refractivity contribution in [2.24, 2.45) is 0 Å². The largest absolute Gasteiger partial charge is 0.494 e. The van der Waals surface area contributed by atoms with Crippen LogP contribution in [0, 0.1) is 0 Å². The number of halogens is 1. The third-order valence-electron chi connectivity index (χ3n) is 2.06. The molecule has 1 aliphatic heterocycles. The van der Waals surface area contributed by atoms with Crippen LogP contribution in [0.5, 0.6) is 0 Å². The third kappa shape index (κ3) is 11.9. The van der Waals surface area contributed by atoms with Crippen LogP contribution in [0.1, 0.15) is 48.0 Å². The highest BCUT2D eigenvalue weighted by Crippen LogP contribution is 2.18. The van der Waals surface area contributed by atoms with Crippen LogP contribution in [0.2, 0.25) is 0 Å². The van der Waals surface area contributed by atoms with Gasteiger partial charge >= 0.3 is 0 Å². The fourth-order valence-corrected chi connectivity index (χ4v) is 1.37. The van der Waals surface area contributed by atoms with Crippen molar-refractivity contribution in [2.45, 2.75) is 48.0 Å². The number of carbonyl (C=O) groups excluding carboxylic acids is 1. The molecule has 0 saturated carbocycles. The van der Waals surface area contributed by atoms with Crippen LogP contribution in [-0.4, -0.2) is 31.1 Å². The highest BCUT2D eigenvalue weighted by Gasteiger charge is 2.19. The Morgan fingerprint density at radius 3 is 2.24 bits per heavy atom. The number of carbonyl (C=O) groups is 1. The molecular weight excluding hydrogens is 269 g/mol. The summed E-state index contributed by atoms with van der Waals surface area (Å²) in [6.45, 7) is 16.4. The second-order valence-electron chi connectivity index (χ2n) is 3.76. The van der Waals surface area contributed by atoms with Gasteiger partial charge in [0.1, 0.15) is 12.4 Å². The molecule has 0 radical (unpaired) electrons. The zero-order chi connectivity index (χ0) is 17.3. The zero-order valence-electron chi connectivity index (χ0n) is 14.7. The summed E-state index contributed by atoms with van der Waals surface area (Å²) in [5.41, 5.74) is 0.823. The van der Waals surface area contributed by atoms with Gasteiger partial charge in [0.05, 0.1) is 19.4 Å². The lowest BCUT2D eigenvalue weighted by molar-refractivity contribution is -0.128. The molecule has 0 atom stereocenters. The number of nitrogens with zero attached hydrogens (tertiary/aromatic N) is 1. The van der Waals surface area contributed by atoms with E-state index in [1.807, 2.05) is 26.8 Å². The van der Waals surface area contributed by atoms with Gasteiger partial charge in [0.25, 0.3) is 0 Å². The Labute approximate surface area is 130 Å². The molecular formula is C17H32FNO2. The molecule has 0 spiro atoms. The predicted octanol–water partition coefficient (Wildman–Crippen LogP) is 4.87. The monoisotopic (exact) mass is 301 g/mol. The van der Waals surface area contributed by atoms with Crippen LogP contribution in [-0.2, 0) is 9.53 Å².